The van der Waals surface area contributed by atoms with Crippen LogP contribution >= 0.6 is 0 Å². The number of aliphatic carboxylic acids is 1. The smallest absolute Gasteiger partial charge is 0.328 e. The van der Waals surface area contributed by atoms with E-state index in [0.29, 0.717) is 6.54 Å². The molecular weight excluding hydrogens is 228 g/mol. The highest BCUT2D eigenvalue weighted by Gasteiger charge is 2.34. The number of hydrogen-bond donors (Lipinski definition) is 2. The van der Waals surface area contributed by atoms with Crippen molar-refractivity contribution in [2.75, 3.05) is 25.5 Å². The fraction of sp³-hybridized carbons (Fsp3) is 0.500. The van der Waals surface area contributed by atoms with Crippen LogP contribution in [-0.4, -0.2) is 31.7 Å². The molecule has 0 saturated heterocycles. The lowest BCUT2D eigenvalue weighted by Crippen LogP contribution is -2.46. The molecule has 0 bridgehead atoms. The Balaban J connectivity index is 3.02. The van der Waals surface area contributed by atoms with Gasteiger partial charge in [0, 0.05) is 19.8 Å². The van der Waals surface area contributed by atoms with E-state index in [-0.39, 0.29) is 0 Å². The quantitative estimate of drug-likeness (QED) is 0.811. The summed E-state index contributed by atoms with van der Waals surface area (Å²) < 4.78 is 0. The summed E-state index contributed by atoms with van der Waals surface area (Å²) in [6.45, 7) is 4.40. The Kier molecular flexibility index (Phi) is 4.73. The molecule has 2 N–H and O–H groups in total. The molecule has 0 aliphatic rings. The lowest BCUT2D eigenvalue weighted by molar-refractivity contribution is -0.144. The van der Waals surface area contributed by atoms with Gasteiger partial charge in [-0.3, -0.25) is 5.32 Å². The average molecular weight is 250 g/mol. The number of nitrogens with one attached hydrogen (secondary N) is 1. The van der Waals surface area contributed by atoms with Gasteiger partial charge in [0.2, 0.25) is 0 Å². The first-order valence-electron chi connectivity index (χ1n) is 6.18. The number of carbonyl (C=O) groups is 1. The number of anilines is 1. The minimum atomic E-state index is -1.03. The number of benzene rings is 1. The molecule has 1 rings (SSSR count). The lowest BCUT2D eigenvalue weighted by atomic mass is 9.91. The van der Waals surface area contributed by atoms with Gasteiger partial charge in [-0.2, -0.15) is 0 Å². The van der Waals surface area contributed by atoms with Crippen LogP contribution in [0.2, 0.25) is 0 Å². The summed E-state index contributed by atoms with van der Waals surface area (Å²) in [7, 11) is 3.92. The van der Waals surface area contributed by atoms with Gasteiger partial charge in [-0.1, -0.05) is 19.1 Å². The Labute approximate surface area is 109 Å². The van der Waals surface area contributed by atoms with Crippen LogP contribution in [0.4, 0.5) is 5.69 Å². The maximum Gasteiger partial charge on any atom is 0.328 e. The Hall–Kier alpha value is -1.55. The molecule has 100 valence electrons. The Morgan fingerprint density at radius 1 is 1.33 bits per heavy atom. The van der Waals surface area contributed by atoms with Crippen molar-refractivity contribution in [1.29, 1.82) is 0 Å². The van der Waals surface area contributed by atoms with Gasteiger partial charge >= 0.3 is 5.97 Å². The predicted octanol–water partition coefficient (Wildman–Crippen LogP) is 2.05. The van der Waals surface area contributed by atoms with E-state index in [1.54, 1.807) is 6.92 Å². The molecule has 1 atom stereocenters. The molecule has 4 nitrogen and oxygen atoms in total. The maximum atomic E-state index is 11.5. The van der Waals surface area contributed by atoms with E-state index in [9.17, 15) is 9.90 Å². The molecule has 0 aliphatic carbocycles. The van der Waals surface area contributed by atoms with E-state index in [0.717, 1.165) is 17.7 Å². The highest BCUT2D eigenvalue weighted by atomic mass is 16.4. The first kappa shape index (κ1) is 14.5. The van der Waals surface area contributed by atoms with E-state index in [1.165, 1.54) is 0 Å². The van der Waals surface area contributed by atoms with Crippen LogP contribution in [0.15, 0.2) is 24.3 Å². The SMILES string of the molecule is CCCNC(C)(C(=O)O)c1ccc(N(C)C)cc1. The van der Waals surface area contributed by atoms with Crippen molar-refractivity contribution in [2.24, 2.45) is 0 Å². The fourth-order valence-corrected chi connectivity index (χ4v) is 1.77. The highest BCUT2D eigenvalue weighted by Crippen LogP contribution is 2.23. The Morgan fingerprint density at radius 2 is 1.89 bits per heavy atom. The van der Waals surface area contributed by atoms with Crippen LogP contribution < -0.4 is 10.2 Å². The third-order valence-electron chi connectivity index (χ3n) is 3.12. The van der Waals surface area contributed by atoms with Gasteiger partial charge in [0.25, 0.3) is 0 Å². The van der Waals surface area contributed by atoms with Gasteiger partial charge in [0.15, 0.2) is 0 Å². The first-order chi connectivity index (χ1) is 8.41. The second-order valence-corrected chi connectivity index (χ2v) is 4.80. The minimum absolute atomic E-state index is 0.679. The van der Waals surface area contributed by atoms with E-state index >= 15 is 0 Å². The maximum absolute atomic E-state index is 11.5. The van der Waals surface area contributed by atoms with E-state index in [2.05, 4.69) is 5.32 Å². The monoisotopic (exact) mass is 250 g/mol. The Morgan fingerprint density at radius 3 is 2.28 bits per heavy atom. The zero-order valence-electron chi connectivity index (χ0n) is 11.5. The summed E-state index contributed by atoms with van der Waals surface area (Å²) in [6.07, 6.45) is 0.901. The minimum Gasteiger partial charge on any atom is -0.480 e. The van der Waals surface area contributed by atoms with Gasteiger partial charge in [-0.05, 0) is 37.6 Å². The number of hydrogen-bond acceptors (Lipinski definition) is 3. The van der Waals surface area contributed by atoms with Crippen molar-refractivity contribution in [3.8, 4) is 0 Å². The summed E-state index contributed by atoms with van der Waals surface area (Å²) in [5.74, 6) is -0.853. The third-order valence-corrected chi connectivity index (χ3v) is 3.12. The second kappa shape index (κ2) is 5.87. The van der Waals surface area contributed by atoms with Crippen LogP contribution in [-0.2, 0) is 10.3 Å². The van der Waals surface area contributed by atoms with Crippen molar-refractivity contribution in [2.45, 2.75) is 25.8 Å². The second-order valence-electron chi connectivity index (χ2n) is 4.80. The third kappa shape index (κ3) is 3.01. The highest BCUT2D eigenvalue weighted by molar-refractivity contribution is 5.80. The van der Waals surface area contributed by atoms with Crippen LogP contribution in [0.3, 0.4) is 0 Å². The average Bonchev–Trinajstić information content (AvgIpc) is 2.35. The topological polar surface area (TPSA) is 52.6 Å². The normalized spacial score (nSPS) is 14.0. The van der Waals surface area contributed by atoms with Gasteiger partial charge in [0.1, 0.15) is 5.54 Å². The van der Waals surface area contributed by atoms with Gasteiger partial charge in [-0.25, -0.2) is 4.79 Å². The molecule has 1 aromatic rings. The molecule has 0 spiro atoms. The van der Waals surface area contributed by atoms with E-state index in [1.807, 2.05) is 50.2 Å². The van der Waals surface area contributed by atoms with E-state index < -0.39 is 11.5 Å². The van der Waals surface area contributed by atoms with Crippen molar-refractivity contribution < 1.29 is 9.90 Å². The molecular formula is C14H22N2O2. The van der Waals surface area contributed by atoms with Gasteiger partial charge in [0.05, 0.1) is 0 Å². The van der Waals surface area contributed by atoms with Crippen molar-refractivity contribution in [3.05, 3.63) is 29.8 Å². The molecule has 0 fully saturated rings. The molecule has 0 aliphatic heterocycles. The predicted molar refractivity (Wildman–Crippen MR) is 74.1 cm³/mol. The van der Waals surface area contributed by atoms with Gasteiger partial charge < -0.3 is 10.0 Å². The Bertz CT molecular complexity index is 401. The number of carboxylic acids is 1. The zero-order chi connectivity index (χ0) is 13.8. The number of rotatable bonds is 6. The molecule has 1 unspecified atom stereocenters. The molecule has 0 saturated carbocycles. The van der Waals surface area contributed by atoms with Crippen molar-refractivity contribution in [1.82, 2.24) is 5.32 Å². The van der Waals surface area contributed by atoms with Crippen molar-refractivity contribution in [3.63, 3.8) is 0 Å². The summed E-state index contributed by atoms with van der Waals surface area (Å²) in [6, 6.07) is 7.60. The summed E-state index contributed by atoms with van der Waals surface area (Å²) in [5.41, 5.74) is 0.803. The number of nitrogens with zero attached hydrogens (tertiary/aromatic N) is 1. The molecule has 1 aromatic carbocycles. The standard InChI is InChI=1S/C14H22N2O2/c1-5-10-15-14(2,13(17)18)11-6-8-12(9-7-11)16(3)4/h6-9,15H,5,10H2,1-4H3,(H,17,18). The van der Waals surface area contributed by atoms with Crippen molar-refractivity contribution >= 4 is 11.7 Å². The number of carboxylic acid groups (broad SMARTS) is 1. The lowest BCUT2D eigenvalue weighted by Gasteiger charge is -2.27. The van der Waals surface area contributed by atoms with Crippen LogP contribution in [0.25, 0.3) is 0 Å². The molecule has 0 heterocycles. The molecule has 0 radical (unpaired) electrons. The molecule has 18 heavy (non-hydrogen) atoms. The zero-order valence-corrected chi connectivity index (χ0v) is 11.5. The summed E-state index contributed by atoms with van der Waals surface area (Å²) in [5, 5.41) is 12.5. The largest absolute Gasteiger partial charge is 0.480 e. The fourth-order valence-electron chi connectivity index (χ4n) is 1.77. The van der Waals surface area contributed by atoms with E-state index in [4.69, 9.17) is 0 Å². The van der Waals surface area contributed by atoms with Crippen LogP contribution in [0.1, 0.15) is 25.8 Å². The molecule has 4 heteroatoms. The first-order valence-corrected chi connectivity index (χ1v) is 6.18. The summed E-state index contributed by atoms with van der Waals surface area (Å²) in [4.78, 5) is 13.5. The van der Waals surface area contributed by atoms with Crippen LogP contribution in [0.5, 0.6) is 0 Å². The van der Waals surface area contributed by atoms with Gasteiger partial charge in [-0.15, -0.1) is 0 Å². The molecule has 0 amide bonds. The van der Waals surface area contributed by atoms with Crippen LogP contribution in [0, 0.1) is 0 Å². The summed E-state index contributed by atoms with van der Waals surface area (Å²) >= 11 is 0. The molecule has 0 aromatic heterocycles.